The lowest BCUT2D eigenvalue weighted by atomic mass is 10.0. The van der Waals surface area contributed by atoms with E-state index in [0.717, 1.165) is 11.1 Å². The Hall–Kier alpha value is -3.65. The number of rotatable bonds is 4. The van der Waals surface area contributed by atoms with Crippen LogP contribution in [-0.4, -0.2) is 10.9 Å². The van der Waals surface area contributed by atoms with Crippen LogP contribution in [0.4, 0.5) is 0 Å². The largest absolute Gasteiger partial charge is 0.457 e. The average molecular weight is 329 g/mol. The number of aryl methyl sites for hydroxylation is 1. The zero-order valence-electron chi connectivity index (χ0n) is 13.6. The molecule has 0 bridgehead atoms. The normalized spacial score (nSPS) is 10.1. The maximum atomic E-state index is 11.3. The van der Waals surface area contributed by atoms with Crippen molar-refractivity contribution in [1.29, 1.82) is 5.26 Å². The maximum Gasteiger partial charge on any atom is 0.248 e. The SMILES string of the molecule is Cc1cc(-c2cc(Oc3cccc(C#N)c3)ccn2)ccc1C(N)=O. The van der Waals surface area contributed by atoms with E-state index < -0.39 is 5.91 Å². The van der Waals surface area contributed by atoms with Gasteiger partial charge in [-0.2, -0.15) is 5.26 Å². The molecule has 2 aromatic carbocycles. The number of hydrogen-bond acceptors (Lipinski definition) is 4. The van der Waals surface area contributed by atoms with Crippen molar-refractivity contribution < 1.29 is 9.53 Å². The van der Waals surface area contributed by atoms with Crippen LogP contribution < -0.4 is 10.5 Å². The Morgan fingerprint density at radius 3 is 2.64 bits per heavy atom. The number of amides is 1. The molecule has 5 heteroatoms. The van der Waals surface area contributed by atoms with Crippen molar-refractivity contribution in [1.82, 2.24) is 4.98 Å². The minimum atomic E-state index is -0.452. The highest BCUT2D eigenvalue weighted by Crippen LogP contribution is 2.27. The molecule has 0 aliphatic heterocycles. The molecule has 122 valence electrons. The van der Waals surface area contributed by atoms with Gasteiger partial charge < -0.3 is 10.5 Å². The fraction of sp³-hybridized carbons (Fsp3) is 0.0500. The summed E-state index contributed by atoms with van der Waals surface area (Å²) in [6.45, 7) is 1.83. The zero-order valence-corrected chi connectivity index (χ0v) is 13.6. The van der Waals surface area contributed by atoms with Crippen molar-refractivity contribution >= 4 is 5.91 Å². The van der Waals surface area contributed by atoms with Crippen LogP contribution in [0, 0.1) is 18.3 Å². The van der Waals surface area contributed by atoms with Crippen LogP contribution in [-0.2, 0) is 0 Å². The molecule has 0 aliphatic rings. The second kappa shape index (κ2) is 6.85. The molecule has 1 aromatic heterocycles. The summed E-state index contributed by atoms with van der Waals surface area (Å²) in [5, 5.41) is 8.96. The third-order valence-electron chi connectivity index (χ3n) is 3.72. The van der Waals surface area contributed by atoms with Crippen molar-refractivity contribution in [3.05, 3.63) is 77.5 Å². The van der Waals surface area contributed by atoms with Crippen LogP contribution in [0.2, 0.25) is 0 Å². The maximum absolute atomic E-state index is 11.3. The van der Waals surface area contributed by atoms with Gasteiger partial charge in [-0.15, -0.1) is 0 Å². The molecule has 0 saturated heterocycles. The van der Waals surface area contributed by atoms with E-state index in [0.29, 0.717) is 28.3 Å². The summed E-state index contributed by atoms with van der Waals surface area (Å²) < 4.78 is 5.81. The topological polar surface area (TPSA) is 89.0 Å². The third-order valence-corrected chi connectivity index (χ3v) is 3.72. The fourth-order valence-electron chi connectivity index (χ4n) is 2.50. The van der Waals surface area contributed by atoms with Gasteiger partial charge in [-0.3, -0.25) is 9.78 Å². The highest BCUT2D eigenvalue weighted by Gasteiger charge is 2.08. The molecule has 0 atom stereocenters. The summed E-state index contributed by atoms with van der Waals surface area (Å²) in [5.74, 6) is 0.736. The predicted octanol–water partition coefficient (Wildman–Crippen LogP) is 3.82. The minimum absolute atomic E-state index is 0.452. The number of ether oxygens (including phenoxy) is 1. The lowest BCUT2D eigenvalue weighted by molar-refractivity contribution is 0.0999. The average Bonchev–Trinajstić information content (AvgIpc) is 2.61. The van der Waals surface area contributed by atoms with Crippen molar-refractivity contribution in [3.8, 4) is 28.8 Å². The van der Waals surface area contributed by atoms with E-state index in [1.54, 1.807) is 54.7 Å². The first-order valence-corrected chi connectivity index (χ1v) is 7.62. The first-order chi connectivity index (χ1) is 12.1. The van der Waals surface area contributed by atoms with Gasteiger partial charge in [0.05, 0.1) is 17.3 Å². The van der Waals surface area contributed by atoms with E-state index in [2.05, 4.69) is 11.1 Å². The summed E-state index contributed by atoms with van der Waals surface area (Å²) in [6.07, 6.45) is 1.65. The molecule has 0 unspecified atom stereocenters. The van der Waals surface area contributed by atoms with Crippen LogP contribution in [0.3, 0.4) is 0 Å². The summed E-state index contributed by atoms with van der Waals surface area (Å²) >= 11 is 0. The molecule has 2 N–H and O–H groups in total. The lowest BCUT2D eigenvalue weighted by Gasteiger charge is -2.09. The van der Waals surface area contributed by atoms with E-state index in [1.807, 2.05) is 13.0 Å². The Morgan fingerprint density at radius 1 is 1.12 bits per heavy atom. The Labute approximate surface area is 145 Å². The molecule has 3 rings (SSSR count). The number of carbonyl (C=O) groups is 1. The van der Waals surface area contributed by atoms with Gasteiger partial charge in [-0.25, -0.2) is 0 Å². The molecule has 0 saturated carbocycles. The number of nitrogens with two attached hydrogens (primary N) is 1. The van der Waals surface area contributed by atoms with Crippen LogP contribution in [0.25, 0.3) is 11.3 Å². The zero-order chi connectivity index (χ0) is 17.8. The van der Waals surface area contributed by atoms with Crippen LogP contribution >= 0.6 is 0 Å². The number of nitrogens with zero attached hydrogens (tertiary/aromatic N) is 2. The van der Waals surface area contributed by atoms with Gasteiger partial charge in [-0.1, -0.05) is 12.1 Å². The van der Waals surface area contributed by atoms with E-state index in [1.165, 1.54) is 0 Å². The second-order valence-corrected chi connectivity index (χ2v) is 5.51. The molecular formula is C20H15N3O2. The number of benzene rings is 2. The number of aromatic nitrogens is 1. The Bertz CT molecular complexity index is 990. The number of hydrogen-bond donors (Lipinski definition) is 1. The number of pyridine rings is 1. The molecule has 25 heavy (non-hydrogen) atoms. The van der Waals surface area contributed by atoms with Gasteiger partial charge in [0.25, 0.3) is 0 Å². The van der Waals surface area contributed by atoms with Crippen molar-refractivity contribution in [2.75, 3.05) is 0 Å². The quantitative estimate of drug-likeness (QED) is 0.788. The van der Waals surface area contributed by atoms with Crippen LogP contribution in [0.15, 0.2) is 60.8 Å². The lowest BCUT2D eigenvalue weighted by Crippen LogP contribution is -2.12. The molecule has 5 nitrogen and oxygen atoms in total. The third kappa shape index (κ3) is 3.65. The Kier molecular flexibility index (Phi) is 4.44. The predicted molar refractivity (Wildman–Crippen MR) is 94.2 cm³/mol. The van der Waals surface area contributed by atoms with Gasteiger partial charge in [0.2, 0.25) is 5.91 Å². The highest BCUT2D eigenvalue weighted by molar-refractivity contribution is 5.94. The Morgan fingerprint density at radius 2 is 1.92 bits per heavy atom. The second-order valence-electron chi connectivity index (χ2n) is 5.51. The van der Waals surface area contributed by atoms with Crippen molar-refractivity contribution in [3.63, 3.8) is 0 Å². The monoisotopic (exact) mass is 329 g/mol. The van der Waals surface area contributed by atoms with Crippen molar-refractivity contribution in [2.24, 2.45) is 5.73 Å². The fourth-order valence-corrected chi connectivity index (χ4v) is 2.50. The molecule has 0 spiro atoms. The van der Waals surface area contributed by atoms with Gasteiger partial charge in [0.15, 0.2) is 0 Å². The smallest absolute Gasteiger partial charge is 0.248 e. The molecule has 0 fully saturated rings. The van der Waals surface area contributed by atoms with E-state index in [9.17, 15) is 4.79 Å². The molecular weight excluding hydrogens is 314 g/mol. The summed E-state index contributed by atoms with van der Waals surface area (Å²) in [7, 11) is 0. The number of carbonyl (C=O) groups excluding carboxylic acids is 1. The van der Waals surface area contributed by atoms with E-state index >= 15 is 0 Å². The minimum Gasteiger partial charge on any atom is -0.457 e. The molecule has 0 radical (unpaired) electrons. The first-order valence-electron chi connectivity index (χ1n) is 7.62. The van der Waals surface area contributed by atoms with E-state index in [4.69, 9.17) is 15.7 Å². The van der Waals surface area contributed by atoms with Crippen LogP contribution in [0.5, 0.6) is 11.5 Å². The standard InChI is InChI=1S/C20H15N3O2/c1-13-9-15(5-6-18(13)20(22)24)19-11-17(7-8-23-19)25-16-4-2-3-14(10-16)12-21/h2-11H,1H3,(H2,22,24). The first kappa shape index (κ1) is 16.2. The summed E-state index contributed by atoms with van der Waals surface area (Å²) in [4.78, 5) is 15.7. The molecule has 3 aromatic rings. The van der Waals surface area contributed by atoms with Gasteiger partial charge in [-0.05, 0) is 48.9 Å². The summed E-state index contributed by atoms with van der Waals surface area (Å²) in [6, 6.07) is 17.9. The Balaban J connectivity index is 1.90. The molecule has 1 amide bonds. The molecule has 1 heterocycles. The number of primary amides is 1. The number of nitriles is 1. The van der Waals surface area contributed by atoms with Crippen molar-refractivity contribution in [2.45, 2.75) is 6.92 Å². The van der Waals surface area contributed by atoms with Crippen LogP contribution in [0.1, 0.15) is 21.5 Å². The summed E-state index contributed by atoms with van der Waals surface area (Å²) in [5.41, 5.74) is 8.73. The van der Waals surface area contributed by atoms with E-state index in [-0.39, 0.29) is 0 Å². The van der Waals surface area contributed by atoms with Gasteiger partial charge in [0, 0.05) is 23.4 Å². The van der Waals surface area contributed by atoms with Gasteiger partial charge >= 0.3 is 0 Å². The molecule has 0 aliphatic carbocycles. The highest BCUT2D eigenvalue weighted by atomic mass is 16.5. The van der Waals surface area contributed by atoms with Gasteiger partial charge in [0.1, 0.15) is 11.5 Å².